The summed E-state index contributed by atoms with van der Waals surface area (Å²) in [5.41, 5.74) is 2.49. The van der Waals surface area contributed by atoms with Crippen molar-refractivity contribution in [1.29, 1.82) is 0 Å². The van der Waals surface area contributed by atoms with Crippen LogP contribution in [0.5, 0.6) is 23.3 Å². The van der Waals surface area contributed by atoms with Crippen LogP contribution in [0.3, 0.4) is 0 Å². The molecule has 80 heavy (non-hydrogen) atoms. The van der Waals surface area contributed by atoms with Crippen LogP contribution in [0, 0.1) is 17.3 Å². The number of Topliss-reactive ketones (excluding diaryl/α,β-unsaturated/α-hetero) is 1. The minimum absolute atomic E-state index is 0. The van der Waals surface area contributed by atoms with Crippen LogP contribution in [0.2, 0.25) is 10.3 Å². The van der Waals surface area contributed by atoms with Crippen LogP contribution in [-0.4, -0.2) is 142 Å². The number of carbonyl (C=O) groups excluding carboxylic acids is 5. The Balaban J connectivity index is 0.000000251. The summed E-state index contributed by atoms with van der Waals surface area (Å²) in [6.45, 7) is 22.1. The SMILES string of the molecule is C=C[C@@H]1C[C@]1(CC(=O)[C@@H]1C[C@@H](Oc2nc(Cl)cc3cc(OC)ccc23)CN1C(=O)OC(C)(C)C)C(=O)OCC.C=C[C@@H]1C[C@]1(N)C(=O)OCC.COc1ccc2c(O[C@@H]3C[C@@H](C(=O)O)N(C(=O)OC(C)(C)C)C3)nc(Cl)cc2c1.Cl. The van der Waals surface area contributed by atoms with Gasteiger partial charge in [-0.3, -0.25) is 24.2 Å². The van der Waals surface area contributed by atoms with Gasteiger partial charge >= 0.3 is 30.1 Å². The first-order chi connectivity index (χ1) is 37.1. The smallest absolute Gasteiger partial charge is 0.411 e. The zero-order valence-corrected chi connectivity index (χ0v) is 49.0. The van der Waals surface area contributed by atoms with Gasteiger partial charge in [0.1, 0.15) is 56.8 Å². The number of hydrogen-bond acceptors (Lipinski definition) is 17. The lowest BCUT2D eigenvalue weighted by Crippen LogP contribution is -2.44. The highest BCUT2D eigenvalue weighted by Crippen LogP contribution is 2.57. The van der Waals surface area contributed by atoms with Gasteiger partial charge in [0, 0.05) is 36.0 Å². The van der Waals surface area contributed by atoms with E-state index in [0.29, 0.717) is 47.6 Å². The number of carboxylic acids is 1. The molecule has 0 spiro atoms. The summed E-state index contributed by atoms with van der Waals surface area (Å²) in [7, 11) is 3.14. The summed E-state index contributed by atoms with van der Waals surface area (Å²) in [4.78, 5) is 86.0. The molecule has 20 nitrogen and oxygen atoms in total. The molecule has 2 aromatic heterocycles. The number of nitrogens with two attached hydrogens (primary N) is 1. The Morgan fingerprint density at radius 1 is 0.700 bits per heavy atom. The number of aromatic nitrogens is 2. The molecule has 8 atom stereocenters. The number of hydrogen-bond donors (Lipinski definition) is 2. The van der Waals surface area contributed by atoms with Crippen molar-refractivity contribution in [2.45, 2.75) is 129 Å². The second-order valence-corrected chi connectivity index (χ2v) is 22.4. The number of likely N-dealkylation sites (tertiary alicyclic amines) is 2. The van der Waals surface area contributed by atoms with Crippen molar-refractivity contribution in [2.24, 2.45) is 23.0 Å². The minimum Gasteiger partial charge on any atom is -0.497 e. The number of ketones is 1. The van der Waals surface area contributed by atoms with E-state index < -0.39 is 70.6 Å². The van der Waals surface area contributed by atoms with Crippen molar-refractivity contribution in [3.63, 3.8) is 0 Å². The monoisotopic (exact) mass is 1170 g/mol. The molecule has 436 valence electrons. The van der Waals surface area contributed by atoms with Gasteiger partial charge in [-0.1, -0.05) is 35.4 Å². The van der Waals surface area contributed by atoms with Gasteiger partial charge in [0.2, 0.25) is 11.8 Å². The van der Waals surface area contributed by atoms with Crippen LogP contribution in [0.25, 0.3) is 21.5 Å². The number of allylic oxidation sites excluding steroid dienone is 1. The predicted molar refractivity (Wildman–Crippen MR) is 302 cm³/mol. The van der Waals surface area contributed by atoms with E-state index in [9.17, 15) is 33.9 Å². The zero-order valence-electron chi connectivity index (χ0n) is 46.7. The number of aliphatic carboxylic acids is 1. The normalized spacial score (nSPS) is 23.6. The van der Waals surface area contributed by atoms with Gasteiger partial charge in [0.15, 0.2) is 5.78 Å². The third-order valence-corrected chi connectivity index (χ3v) is 13.9. The molecule has 8 rings (SSSR count). The van der Waals surface area contributed by atoms with E-state index in [1.54, 1.807) is 118 Å². The lowest BCUT2D eigenvalue weighted by molar-refractivity contribution is -0.152. The fourth-order valence-corrected chi connectivity index (χ4v) is 9.79. The molecule has 2 aliphatic carbocycles. The van der Waals surface area contributed by atoms with Crippen LogP contribution >= 0.6 is 35.6 Å². The number of rotatable bonds is 16. The van der Waals surface area contributed by atoms with Gasteiger partial charge in [-0.2, -0.15) is 0 Å². The van der Waals surface area contributed by atoms with Gasteiger partial charge in [-0.25, -0.2) is 24.4 Å². The van der Waals surface area contributed by atoms with Crippen LogP contribution in [0.15, 0.2) is 73.8 Å². The van der Waals surface area contributed by atoms with Crippen molar-refractivity contribution < 1.29 is 71.8 Å². The van der Waals surface area contributed by atoms with Crippen LogP contribution in [0.4, 0.5) is 9.59 Å². The molecule has 3 N–H and O–H groups in total. The van der Waals surface area contributed by atoms with Crippen molar-refractivity contribution >= 4 is 93.0 Å². The highest BCUT2D eigenvalue weighted by Gasteiger charge is 2.62. The van der Waals surface area contributed by atoms with Gasteiger partial charge in [-0.15, -0.1) is 25.6 Å². The molecule has 0 unspecified atom stereocenters. The molecule has 2 aliphatic heterocycles. The highest BCUT2D eigenvalue weighted by atomic mass is 35.5. The minimum atomic E-state index is -1.12. The molecule has 2 amide bonds. The van der Waals surface area contributed by atoms with E-state index >= 15 is 0 Å². The van der Waals surface area contributed by atoms with Crippen LogP contribution in [-0.2, 0) is 38.1 Å². The fraction of sp³-hybridized carbons (Fsp3) is 0.509. The summed E-state index contributed by atoms with van der Waals surface area (Å²) < 4.78 is 43.8. The van der Waals surface area contributed by atoms with E-state index in [0.717, 1.165) is 10.8 Å². The third kappa shape index (κ3) is 15.6. The Bertz CT molecular complexity index is 2970. The number of amides is 2. The summed E-state index contributed by atoms with van der Waals surface area (Å²) in [5.74, 6) is -0.235. The maximum absolute atomic E-state index is 13.7. The molecular formula is C57H72Cl3N5O15. The van der Waals surface area contributed by atoms with Crippen LogP contribution < -0.4 is 24.7 Å². The summed E-state index contributed by atoms with van der Waals surface area (Å²) >= 11 is 12.4. The first kappa shape index (κ1) is 64.2. The Morgan fingerprint density at radius 2 is 1.14 bits per heavy atom. The number of pyridine rings is 2. The number of nitrogens with zero attached hydrogens (tertiary/aromatic N) is 4. The maximum atomic E-state index is 13.7. The molecule has 0 bridgehead atoms. The average molecular weight is 1170 g/mol. The van der Waals surface area contributed by atoms with E-state index in [1.807, 2.05) is 12.1 Å². The molecule has 23 heteroatoms. The second kappa shape index (κ2) is 26.3. The molecule has 4 heterocycles. The van der Waals surface area contributed by atoms with Gasteiger partial charge in [-0.05, 0) is 133 Å². The molecule has 0 radical (unpaired) electrons. The number of methoxy groups -OCH3 is 2. The Kier molecular flexibility index (Phi) is 21.1. The van der Waals surface area contributed by atoms with E-state index in [1.165, 1.54) is 9.80 Å². The number of carboxylic acid groups (broad SMARTS) is 1. The number of halogens is 3. The molecule has 4 aliphatic rings. The third-order valence-electron chi connectivity index (χ3n) is 13.5. The van der Waals surface area contributed by atoms with E-state index in [4.69, 9.17) is 66.8 Å². The van der Waals surface area contributed by atoms with E-state index in [-0.39, 0.29) is 91.1 Å². The molecule has 4 aromatic rings. The Labute approximate surface area is 481 Å². The Hall–Kier alpha value is -6.61. The van der Waals surface area contributed by atoms with E-state index in [2.05, 4.69) is 23.1 Å². The number of ether oxygens (including phenoxy) is 8. The first-order valence-corrected chi connectivity index (χ1v) is 26.6. The molecule has 2 aromatic carbocycles. The van der Waals surface area contributed by atoms with Crippen molar-refractivity contribution in [1.82, 2.24) is 19.8 Å². The summed E-state index contributed by atoms with van der Waals surface area (Å²) in [6, 6.07) is 12.3. The largest absolute Gasteiger partial charge is 0.497 e. The number of benzene rings is 2. The standard InChI is InChI=1S/C29H35ClN2O7.C20H23ClN2O6.C8H13NO2.ClH/c1-7-18-14-29(18,26(34)37-8-2)15-23(33)22-13-20(16-32(22)27(35)39-28(3,4)5)38-25-21-10-9-19(36-6)11-17(21)12-24(30)31-25;1-20(2,3)29-19(26)23-10-13(9-15(23)18(24)25)28-17-14-6-5-12(27-4)7-11(14)8-16(21)22-17;1-3-6-5-8(6,9)7(10)11-4-2;/h7,9-12,18,20,22H,1,8,13-16H2,2-6H3;5-8,13,15H,9-10H2,1-4H3,(H,24,25);3,6H,1,4-5,9H2,2H3;1H/t18-,20-,22+,29-;13-,15+;6-,8-;/m111./s1. The van der Waals surface area contributed by atoms with Crippen molar-refractivity contribution in [3.8, 4) is 23.3 Å². The maximum Gasteiger partial charge on any atom is 0.411 e. The lowest BCUT2D eigenvalue weighted by atomic mass is 9.92. The quantitative estimate of drug-likeness (QED) is 0.0458. The number of fused-ring (bicyclic) bond motifs is 2. The average Bonchev–Trinajstić information content (AvgIpc) is 4.17. The van der Waals surface area contributed by atoms with Gasteiger partial charge < -0.3 is 48.7 Å². The lowest BCUT2D eigenvalue weighted by Gasteiger charge is -2.28. The second-order valence-electron chi connectivity index (χ2n) is 21.6. The van der Waals surface area contributed by atoms with Gasteiger partial charge in [0.05, 0.1) is 52.0 Å². The van der Waals surface area contributed by atoms with Crippen LogP contribution in [0.1, 0.15) is 87.5 Å². The topological polar surface area (TPSA) is 255 Å². The fourth-order valence-electron chi connectivity index (χ4n) is 9.40. The van der Waals surface area contributed by atoms with Crippen molar-refractivity contribution in [3.05, 3.63) is 84.1 Å². The Morgan fingerprint density at radius 3 is 1.52 bits per heavy atom. The first-order valence-electron chi connectivity index (χ1n) is 25.9. The molecule has 2 saturated heterocycles. The number of carbonyl (C=O) groups is 6. The number of esters is 2. The van der Waals surface area contributed by atoms with Gasteiger partial charge in [0.25, 0.3) is 0 Å². The van der Waals surface area contributed by atoms with Crippen molar-refractivity contribution in [2.75, 3.05) is 40.5 Å². The summed E-state index contributed by atoms with van der Waals surface area (Å²) in [5, 5.41) is 13.0. The molecular weight excluding hydrogens is 1100 g/mol. The summed E-state index contributed by atoms with van der Waals surface area (Å²) in [6.07, 6.45) is 2.37. The molecule has 4 fully saturated rings. The molecule has 2 saturated carbocycles. The highest BCUT2D eigenvalue weighted by molar-refractivity contribution is 6.30. The zero-order chi connectivity index (χ0) is 58.4. The predicted octanol–water partition coefficient (Wildman–Crippen LogP) is 9.98.